The summed E-state index contributed by atoms with van der Waals surface area (Å²) in [5.74, 6) is -2.96. The van der Waals surface area contributed by atoms with E-state index in [0.29, 0.717) is 0 Å². The lowest BCUT2D eigenvalue weighted by Gasteiger charge is -2.12. The summed E-state index contributed by atoms with van der Waals surface area (Å²) >= 11 is 13.8. The Morgan fingerprint density at radius 1 is 0.889 bits per heavy atom. The highest BCUT2D eigenvalue weighted by Gasteiger charge is 2.77. The largest absolute Gasteiger partial charge is 0.480 e. The predicted molar refractivity (Wildman–Crippen MR) is 116 cm³/mol. The lowest BCUT2D eigenvalue weighted by atomic mass is 9.97. The molecule has 0 amide bonds. The Bertz CT molecular complexity index is 830. The molecule has 3 rings (SSSR count). The molecular weight excluding hydrogens is 612 g/mol. The van der Waals surface area contributed by atoms with Crippen molar-refractivity contribution in [2.75, 3.05) is 6.61 Å². The smallest absolute Gasteiger partial charge is 0.324 e. The zero-order chi connectivity index (χ0) is 19.9. The van der Waals surface area contributed by atoms with Crippen LogP contribution in [0.4, 0.5) is 0 Å². The van der Waals surface area contributed by atoms with Crippen molar-refractivity contribution in [3.8, 4) is 0 Å². The normalized spacial score (nSPS) is 23.7. The van der Waals surface area contributed by atoms with Gasteiger partial charge < -0.3 is 9.84 Å². The van der Waals surface area contributed by atoms with E-state index in [1.807, 2.05) is 36.4 Å². The van der Waals surface area contributed by atoms with Crippen molar-refractivity contribution in [2.45, 2.75) is 18.8 Å². The number of ether oxygens (including phenoxy) is 1. The summed E-state index contributed by atoms with van der Waals surface area (Å²) in [5.41, 5.74) is -0.142. The van der Waals surface area contributed by atoms with Crippen LogP contribution in [0.3, 0.4) is 0 Å². The van der Waals surface area contributed by atoms with E-state index in [1.54, 1.807) is 6.92 Å². The summed E-state index contributed by atoms with van der Waals surface area (Å²) < 4.78 is 8.40. The molecule has 0 radical (unpaired) electrons. The van der Waals surface area contributed by atoms with E-state index in [1.165, 1.54) is 0 Å². The van der Waals surface area contributed by atoms with Crippen molar-refractivity contribution < 1.29 is 19.4 Å². The van der Waals surface area contributed by atoms with Gasteiger partial charge in [-0.3, -0.25) is 9.59 Å². The quantitative estimate of drug-likeness (QED) is 0.315. The maximum Gasteiger partial charge on any atom is 0.324 e. The zero-order valence-corrected chi connectivity index (χ0v) is 20.4. The van der Waals surface area contributed by atoms with Gasteiger partial charge in [-0.1, -0.05) is 63.7 Å². The zero-order valence-electron chi connectivity index (χ0n) is 14.0. The van der Waals surface area contributed by atoms with Gasteiger partial charge in [0.05, 0.1) is 6.61 Å². The van der Waals surface area contributed by atoms with Gasteiger partial charge in [-0.05, 0) is 54.4 Å². The first-order valence-electron chi connectivity index (χ1n) is 8.04. The van der Waals surface area contributed by atoms with Gasteiger partial charge in [-0.15, -0.1) is 0 Å². The number of rotatable bonds is 5. The third-order valence-corrected chi connectivity index (χ3v) is 6.49. The van der Waals surface area contributed by atoms with Crippen molar-refractivity contribution >= 4 is 75.7 Å². The van der Waals surface area contributed by atoms with Crippen LogP contribution in [-0.4, -0.2) is 23.7 Å². The third kappa shape index (κ3) is 3.78. The summed E-state index contributed by atoms with van der Waals surface area (Å²) in [6, 6.07) is 11.1. The molecule has 2 aromatic rings. The summed E-state index contributed by atoms with van der Waals surface area (Å²) in [6.07, 6.45) is 0. The van der Waals surface area contributed by atoms with Crippen LogP contribution in [0.1, 0.15) is 29.9 Å². The second-order valence-electron chi connectivity index (χ2n) is 6.26. The molecule has 4 nitrogen and oxygen atoms in total. The topological polar surface area (TPSA) is 63.6 Å². The second-order valence-corrected chi connectivity index (χ2v) is 9.92. The molecule has 1 fully saturated rings. The van der Waals surface area contributed by atoms with E-state index in [0.717, 1.165) is 29.0 Å². The molecule has 0 heterocycles. The SMILES string of the molecule is CCOC(=O)C1(C(=O)O)[C@@H](c2cc(Br)cc(Br)c2)[C@@H]1c1cc(Br)cc(Br)c1. The highest BCUT2D eigenvalue weighted by molar-refractivity contribution is 9.11. The molecule has 8 heteroatoms. The van der Waals surface area contributed by atoms with Crippen LogP contribution in [0.2, 0.25) is 0 Å². The highest BCUT2D eigenvalue weighted by Crippen LogP contribution is 2.71. The third-order valence-electron chi connectivity index (χ3n) is 4.66. The van der Waals surface area contributed by atoms with Gasteiger partial charge in [0.1, 0.15) is 0 Å². The average molecular weight is 626 g/mol. The second kappa shape index (κ2) is 7.97. The standard InChI is InChI=1S/C19H14Br4O4/c1-2-27-18(26)19(17(24)25)15(9-3-11(20)7-12(21)4-9)16(19)10-5-13(22)8-14(23)6-10/h3-8,15-16H,2H2,1H3,(H,24,25)/t15-,16-/m0/s1. The van der Waals surface area contributed by atoms with E-state index in [9.17, 15) is 14.7 Å². The van der Waals surface area contributed by atoms with Gasteiger partial charge in [0.25, 0.3) is 0 Å². The van der Waals surface area contributed by atoms with Crippen molar-refractivity contribution in [2.24, 2.45) is 5.41 Å². The minimum atomic E-state index is -1.66. The first-order valence-corrected chi connectivity index (χ1v) is 11.2. The van der Waals surface area contributed by atoms with Gasteiger partial charge in [-0.25, -0.2) is 0 Å². The predicted octanol–water partition coefficient (Wildman–Crippen LogP) is 6.25. The molecule has 1 aliphatic carbocycles. The van der Waals surface area contributed by atoms with E-state index in [-0.39, 0.29) is 6.61 Å². The molecule has 0 unspecified atom stereocenters. The Labute approximate surface area is 190 Å². The number of hydrogen-bond donors (Lipinski definition) is 1. The van der Waals surface area contributed by atoms with Gasteiger partial charge in [-0.2, -0.15) is 0 Å². The molecule has 1 saturated carbocycles. The van der Waals surface area contributed by atoms with Crippen LogP contribution in [0, 0.1) is 5.41 Å². The Morgan fingerprint density at radius 2 is 1.26 bits per heavy atom. The van der Waals surface area contributed by atoms with E-state index < -0.39 is 29.2 Å². The molecule has 1 N–H and O–H groups in total. The van der Waals surface area contributed by atoms with Crippen LogP contribution >= 0.6 is 63.7 Å². The lowest BCUT2D eigenvalue weighted by Crippen LogP contribution is -2.31. The van der Waals surface area contributed by atoms with Crippen LogP contribution in [-0.2, 0) is 14.3 Å². The average Bonchev–Trinajstić information content (AvgIpc) is 3.25. The van der Waals surface area contributed by atoms with Crippen LogP contribution in [0.25, 0.3) is 0 Å². The molecule has 0 aromatic heterocycles. The molecule has 2 atom stereocenters. The minimum Gasteiger partial charge on any atom is -0.480 e. The monoisotopic (exact) mass is 622 g/mol. The number of carbonyl (C=O) groups is 2. The number of carbonyl (C=O) groups excluding carboxylic acids is 1. The summed E-state index contributed by atoms with van der Waals surface area (Å²) in [4.78, 5) is 25.2. The van der Waals surface area contributed by atoms with Crippen LogP contribution in [0.15, 0.2) is 54.3 Å². The molecule has 2 aromatic carbocycles. The molecule has 0 saturated heterocycles. The maximum atomic E-state index is 12.8. The number of carboxylic acid groups (broad SMARTS) is 1. The van der Waals surface area contributed by atoms with Gasteiger partial charge in [0, 0.05) is 29.7 Å². The number of halogens is 4. The number of benzene rings is 2. The van der Waals surface area contributed by atoms with Crippen molar-refractivity contribution in [3.05, 3.63) is 65.4 Å². The molecule has 0 aliphatic heterocycles. The molecular formula is C19H14Br4O4. The fraction of sp³-hybridized carbons (Fsp3) is 0.263. The molecule has 0 spiro atoms. The number of carboxylic acids is 1. The molecule has 0 bridgehead atoms. The van der Waals surface area contributed by atoms with Crippen molar-refractivity contribution in [1.82, 2.24) is 0 Å². The Hall–Kier alpha value is -0.700. The lowest BCUT2D eigenvalue weighted by molar-refractivity contribution is -0.161. The Morgan fingerprint density at radius 3 is 1.56 bits per heavy atom. The van der Waals surface area contributed by atoms with Crippen LogP contribution in [0.5, 0.6) is 0 Å². The van der Waals surface area contributed by atoms with Crippen molar-refractivity contribution in [1.29, 1.82) is 0 Å². The highest BCUT2D eigenvalue weighted by atomic mass is 79.9. The number of esters is 1. The summed E-state index contributed by atoms with van der Waals surface area (Å²) in [7, 11) is 0. The van der Waals surface area contributed by atoms with E-state index in [2.05, 4.69) is 63.7 Å². The van der Waals surface area contributed by atoms with Gasteiger partial charge in [0.15, 0.2) is 5.41 Å². The van der Waals surface area contributed by atoms with E-state index >= 15 is 0 Å². The molecule has 27 heavy (non-hydrogen) atoms. The summed E-state index contributed by atoms with van der Waals surface area (Å²) in [5, 5.41) is 10.1. The summed E-state index contributed by atoms with van der Waals surface area (Å²) in [6.45, 7) is 1.79. The minimum absolute atomic E-state index is 0.123. The number of hydrogen-bond acceptors (Lipinski definition) is 3. The first-order chi connectivity index (χ1) is 12.7. The van der Waals surface area contributed by atoms with E-state index in [4.69, 9.17) is 4.74 Å². The van der Waals surface area contributed by atoms with Crippen molar-refractivity contribution in [3.63, 3.8) is 0 Å². The fourth-order valence-corrected chi connectivity index (χ4v) is 6.32. The fourth-order valence-electron chi connectivity index (χ4n) is 3.67. The Kier molecular flexibility index (Phi) is 6.20. The van der Waals surface area contributed by atoms with Gasteiger partial charge >= 0.3 is 11.9 Å². The first kappa shape index (κ1) is 21.0. The van der Waals surface area contributed by atoms with Crippen LogP contribution < -0.4 is 0 Å². The molecule has 1 aliphatic rings. The number of aliphatic carboxylic acids is 1. The van der Waals surface area contributed by atoms with Gasteiger partial charge in [0.2, 0.25) is 0 Å². The Balaban J connectivity index is 2.20. The maximum absolute atomic E-state index is 12.8. The molecule has 142 valence electrons.